The van der Waals surface area contributed by atoms with Crippen molar-refractivity contribution >= 4 is 7.82 Å². The normalized spacial score (nSPS) is 13.2. The Hall–Kier alpha value is -0.870. The van der Waals surface area contributed by atoms with Gasteiger partial charge in [-0.15, -0.1) is 0 Å². The van der Waals surface area contributed by atoms with Crippen LogP contribution in [-0.2, 0) is 13.6 Å². The van der Waals surface area contributed by atoms with Crippen molar-refractivity contribution in [2.24, 2.45) is 0 Å². The third-order valence-electron chi connectivity index (χ3n) is 5.35. The van der Waals surface area contributed by atoms with E-state index in [0.717, 1.165) is 19.3 Å². The molecule has 0 radical (unpaired) electrons. The predicted octanol–water partition coefficient (Wildman–Crippen LogP) is 8.07. The first kappa shape index (κ1) is 28.2. The quantitative estimate of drug-likeness (QED) is 0.141. The highest BCUT2D eigenvalue weighted by molar-refractivity contribution is 7.47. The minimum atomic E-state index is -3.98. The summed E-state index contributed by atoms with van der Waals surface area (Å²) in [6.07, 6.45) is 19.3. The molecular formula is C25H45O5P. The van der Waals surface area contributed by atoms with E-state index in [1.807, 2.05) is 30.3 Å². The lowest BCUT2D eigenvalue weighted by molar-refractivity contribution is 0.127. The maximum Gasteiger partial charge on any atom is 0.472 e. The van der Waals surface area contributed by atoms with E-state index in [0.29, 0.717) is 5.75 Å². The van der Waals surface area contributed by atoms with Gasteiger partial charge in [0.1, 0.15) is 12.4 Å². The van der Waals surface area contributed by atoms with Crippen LogP contribution >= 0.6 is 7.82 Å². The van der Waals surface area contributed by atoms with Crippen LogP contribution in [0.4, 0.5) is 0 Å². The molecule has 1 aromatic rings. The Morgan fingerprint density at radius 1 is 0.645 bits per heavy atom. The number of benzene rings is 1. The number of rotatable bonds is 22. The van der Waals surface area contributed by atoms with Gasteiger partial charge < -0.3 is 9.63 Å². The van der Waals surface area contributed by atoms with Gasteiger partial charge in [0.05, 0.1) is 13.2 Å². The van der Waals surface area contributed by atoms with Crippen LogP contribution in [0, 0.1) is 0 Å². The minimum Gasteiger partial charge on any atom is -0.491 e. The van der Waals surface area contributed by atoms with Crippen LogP contribution in [-0.4, -0.2) is 24.7 Å². The summed E-state index contributed by atoms with van der Waals surface area (Å²) in [5.74, 6) is 0.706. The van der Waals surface area contributed by atoms with Crippen LogP contribution in [0.25, 0.3) is 0 Å². The minimum absolute atomic E-state index is 0.0154. The molecule has 1 rings (SSSR count). The van der Waals surface area contributed by atoms with Crippen LogP contribution < -0.4 is 4.74 Å². The monoisotopic (exact) mass is 456 g/mol. The molecule has 1 aromatic carbocycles. The lowest BCUT2D eigenvalue weighted by Gasteiger charge is -2.12. The zero-order valence-electron chi connectivity index (χ0n) is 19.6. The van der Waals surface area contributed by atoms with E-state index in [4.69, 9.17) is 13.8 Å². The first-order valence-electron chi connectivity index (χ1n) is 12.4. The maximum atomic E-state index is 11.8. The van der Waals surface area contributed by atoms with Gasteiger partial charge in [-0.2, -0.15) is 0 Å². The maximum absolute atomic E-state index is 11.8. The largest absolute Gasteiger partial charge is 0.491 e. The molecule has 6 heteroatoms. The molecule has 1 unspecified atom stereocenters. The Balaban J connectivity index is 1.82. The summed E-state index contributed by atoms with van der Waals surface area (Å²) in [6, 6.07) is 9.29. The van der Waals surface area contributed by atoms with Gasteiger partial charge in [-0.05, 0) is 18.6 Å². The molecular weight excluding hydrogens is 411 g/mol. The average molecular weight is 457 g/mol. The number of hydrogen-bond acceptors (Lipinski definition) is 4. The molecule has 0 saturated carbocycles. The lowest BCUT2D eigenvalue weighted by Crippen LogP contribution is -2.07. The molecule has 180 valence electrons. The number of hydrogen-bond donors (Lipinski definition) is 1. The van der Waals surface area contributed by atoms with Crippen molar-refractivity contribution in [1.82, 2.24) is 0 Å². The van der Waals surface area contributed by atoms with Crippen LogP contribution in [0.1, 0.15) is 103 Å². The van der Waals surface area contributed by atoms with Gasteiger partial charge in [0.25, 0.3) is 0 Å². The van der Waals surface area contributed by atoms with Crippen molar-refractivity contribution in [3.63, 3.8) is 0 Å². The van der Waals surface area contributed by atoms with Crippen molar-refractivity contribution < 1.29 is 23.2 Å². The van der Waals surface area contributed by atoms with Crippen LogP contribution in [0.15, 0.2) is 30.3 Å². The molecule has 0 bridgehead atoms. The summed E-state index contributed by atoms with van der Waals surface area (Å²) >= 11 is 0. The van der Waals surface area contributed by atoms with E-state index < -0.39 is 7.82 Å². The molecule has 0 fully saturated rings. The standard InChI is InChI=1S/C25H45O5P/c1-2-3-4-5-6-7-8-9-10-11-12-13-14-15-19-22-29-31(26,27)30-24-23-28-25-20-17-16-18-21-25/h16-18,20-21H,2-15,19,22-24H2,1H3,(H,26,27). The van der Waals surface area contributed by atoms with E-state index in [1.54, 1.807) is 0 Å². The average Bonchev–Trinajstić information content (AvgIpc) is 2.77. The van der Waals surface area contributed by atoms with Gasteiger partial charge in [-0.1, -0.05) is 115 Å². The number of phosphoric acid groups is 1. The van der Waals surface area contributed by atoms with Gasteiger partial charge in [0.2, 0.25) is 0 Å². The fourth-order valence-corrected chi connectivity index (χ4v) is 4.26. The third-order valence-corrected chi connectivity index (χ3v) is 6.37. The van der Waals surface area contributed by atoms with E-state index in [1.165, 1.54) is 77.0 Å². The second-order valence-electron chi connectivity index (χ2n) is 8.25. The van der Waals surface area contributed by atoms with Gasteiger partial charge in [-0.3, -0.25) is 9.05 Å². The summed E-state index contributed by atoms with van der Waals surface area (Å²) < 4.78 is 27.2. The summed E-state index contributed by atoms with van der Waals surface area (Å²) in [5.41, 5.74) is 0. The van der Waals surface area contributed by atoms with Gasteiger partial charge in [0.15, 0.2) is 0 Å². The Morgan fingerprint density at radius 3 is 1.61 bits per heavy atom. The zero-order valence-corrected chi connectivity index (χ0v) is 20.5. The molecule has 1 atom stereocenters. The molecule has 0 aliphatic carbocycles. The molecule has 31 heavy (non-hydrogen) atoms. The molecule has 0 aromatic heterocycles. The smallest absolute Gasteiger partial charge is 0.472 e. The van der Waals surface area contributed by atoms with Gasteiger partial charge in [0, 0.05) is 0 Å². The SMILES string of the molecule is CCCCCCCCCCCCCCCCCOP(=O)(O)OCCOc1ccccc1. The summed E-state index contributed by atoms with van der Waals surface area (Å²) in [4.78, 5) is 9.68. The first-order chi connectivity index (χ1) is 15.1. The molecule has 0 spiro atoms. The van der Waals surface area contributed by atoms with Crippen molar-refractivity contribution in [1.29, 1.82) is 0 Å². The Bertz CT molecular complexity index is 552. The highest BCUT2D eigenvalue weighted by atomic mass is 31.2. The van der Waals surface area contributed by atoms with Gasteiger partial charge in [-0.25, -0.2) is 4.57 Å². The lowest BCUT2D eigenvalue weighted by atomic mass is 10.0. The fourth-order valence-electron chi connectivity index (χ4n) is 3.52. The number of phosphoric ester groups is 1. The molecule has 0 amide bonds. The highest BCUT2D eigenvalue weighted by Crippen LogP contribution is 2.43. The second kappa shape index (κ2) is 19.8. The summed E-state index contributed by atoms with van der Waals surface area (Å²) in [6.45, 7) is 2.74. The molecule has 0 aliphatic heterocycles. The Morgan fingerprint density at radius 2 is 1.10 bits per heavy atom. The number of unbranched alkanes of at least 4 members (excludes halogenated alkanes) is 14. The molecule has 0 saturated heterocycles. The molecule has 1 N–H and O–H groups in total. The molecule has 5 nitrogen and oxygen atoms in total. The highest BCUT2D eigenvalue weighted by Gasteiger charge is 2.20. The first-order valence-corrected chi connectivity index (χ1v) is 13.9. The number of para-hydroxylation sites is 1. The van der Waals surface area contributed by atoms with Crippen molar-refractivity contribution in [2.75, 3.05) is 19.8 Å². The van der Waals surface area contributed by atoms with Crippen molar-refractivity contribution in [3.05, 3.63) is 30.3 Å². The van der Waals surface area contributed by atoms with Crippen LogP contribution in [0.5, 0.6) is 5.75 Å². The third kappa shape index (κ3) is 18.4. The van der Waals surface area contributed by atoms with E-state index in [9.17, 15) is 9.46 Å². The van der Waals surface area contributed by atoms with E-state index >= 15 is 0 Å². The van der Waals surface area contributed by atoms with Crippen molar-refractivity contribution in [3.8, 4) is 5.75 Å². The Labute approximate surface area is 190 Å². The predicted molar refractivity (Wildman–Crippen MR) is 129 cm³/mol. The fraction of sp³-hybridized carbons (Fsp3) is 0.760. The summed E-state index contributed by atoms with van der Waals surface area (Å²) in [7, 11) is -3.98. The zero-order chi connectivity index (χ0) is 22.5. The van der Waals surface area contributed by atoms with Crippen molar-refractivity contribution in [2.45, 2.75) is 103 Å². The van der Waals surface area contributed by atoms with E-state index in [2.05, 4.69) is 6.92 Å². The second-order valence-corrected chi connectivity index (χ2v) is 9.70. The van der Waals surface area contributed by atoms with Crippen LogP contribution in [0.3, 0.4) is 0 Å². The Kier molecular flexibility index (Phi) is 18.0. The number of ether oxygens (including phenoxy) is 1. The molecule has 0 aliphatic rings. The topological polar surface area (TPSA) is 65.0 Å². The van der Waals surface area contributed by atoms with Gasteiger partial charge >= 0.3 is 7.82 Å². The van der Waals surface area contributed by atoms with E-state index in [-0.39, 0.29) is 19.8 Å². The summed E-state index contributed by atoms with van der Waals surface area (Å²) in [5, 5.41) is 0. The molecule has 0 heterocycles. The van der Waals surface area contributed by atoms with Crippen LogP contribution in [0.2, 0.25) is 0 Å².